The minimum absolute atomic E-state index is 0.182. The van der Waals surface area contributed by atoms with E-state index in [0.717, 1.165) is 12.0 Å². The normalized spacial score (nSPS) is 11.6. The topological polar surface area (TPSA) is 53.8 Å². The van der Waals surface area contributed by atoms with Gasteiger partial charge in [0.25, 0.3) is 0 Å². The number of hydrogen-bond donors (Lipinski definition) is 0. The third-order valence-corrected chi connectivity index (χ3v) is 3.04. The van der Waals surface area contributed by atoms with Gasteiger partial charge in [-0.1, -0.05) is 37.3 Å². The molecule has 0 saturated heterocycles. The summed E-state index contributed by atoms with van der Waals surface area (Å²) in [6.45, 7) is 1.99. The summed E-state index contributed by atoms with van der Waals surface area (Å²) in [6, 6.07) is 14.7. The number of nitrogens with zero attached hydrogens (tertiary/aromatic N) is 2. The fraction of sp³-hybridized carbons (Fsp3) is 0.188. The molecule has 0 aliphatic heterocycles. The fourth-order valence-electron chi connectivity index (χ4n) is 2.03. The highest BCUT2D eigenvalue weighted by Gasteiger charge is 2.24. The van der Waals surface area contributed by atoms with E-state index < -0.39 is 5.92 Å². The van der Waals surface area contributed by atoms with Gasteiger partial charge in [-0.05, 0) is 24.1 Å². The van der Waals surface area contributed by atoms with Crippen LogP contribution in [0.4, 0.5) is 0 Å². The van der Waals surface area contributed by atoms with Crippen LogP contribution in [0.5, 0.6) is 0 Å². The van der Waals surface area contributed by atoms with Gasteiger partial charge < -0.3 is 0 Å². The van der Waals surface area contributed by atoms with Crippen molar-refractivity contribution >= 4 is 5.78 Å². The molecule has 1 aromatic carbocycles. The van der Waals surface area contributed by atoms with Gasteiger partial charge in [0.15, 0.2) is 11.7 Å². The van der Waals surface area contributed by atoms with E-state index in [9.17, 15) is 10.1 Å². The second kappa shape index (κ2) is 5.92. The summed E-state index contributed by atoms with van der Waals surface area (Å²) in [5.74, 6) is -1.02. The number of hydrogen-bond acceptors (Lipinski definition) is 3. The van der Waals surface area contributed by atoms with Gasteiger partial charge in [-0.25, -0.2) is 0 Å². The van der Waals surface area contributed by atoms with Crippen molar-refractivity contribution in [1.29, 1.82) is 5.26 Å². The lowest BCUT2D eigenvalue weighted by Crippen LogP contribution is -2.14. The number of aromatic nitrogens is 1. The molecule has 19 heavy (non-hydrogen) atoms. The average Bonchev–Trinajstić information content (AvgIpc) is 2.49. The molecule has 3 nitrogen and oxygen atoms in total. The van der Waals surface area contributed by atoms with Crippen molar-refractivity contribution in [2.45, 2.75) is 19.3 Å². The zero-order chi connectivity index (χ0) is 13.7. The van der Waals surface area contributed by atoms with Gasteiger partial charge in [-0.3, -0.25) is 9.78 Å². The Hall–Kier alpha value is -2.47. The molecule has 0 radical (unpaired) electrons. The van der Waals surface area contributed by atoms with E-state index in [-0.39, 0.29) is 5.78 Å². The first kappa shape index (κ1) is 13.0. The molecule has 0 saturated carbocycles. The molecule has 1 heterocycles. The minimum atomic E-state index is -0.839. The molecule has 1 unspecified atom stereocenters. The van der Waals surface area contributed by atoms with Crippen molar-refractivity contribution in [3.8, 4) is 6.07 Å². The second-order valence-electron chi connectivity index (χ2n) is 4.19. The van der Waals surface area contributed by atoms with E-state index in [1.165, 1.54) is 0 Å². The third kappa shape index (κ3) is 2.69. The molecule has 1 aromatic heterocycles. The van der Waals surface area contributed by atoms with Crippen molar-refractivity contribution in [1.82, 2.24) is 4.98 Å². The number of Topliss-reactive ketones (excluding diaryl/α,β-unsaturated/α-hetero) is 1. The molecule has 0 aliphatic carbocycles. The van der Waals surface area contributed by atoms with Crippen LogP contribution in [0.1, 0.15) is 34.5 Å². The number of rotatable bonds is 4. The molecular formula is C16H14N2O. The van der Waals surface area contributed by atoms with Crippen molar-refractivity contribution in [3.05, 3.63) is 65.5 Å². The predicted molar refractivity (Wildman–Crippen MR) is 72.7 cm³/mol. The van der Waals surface area contributed by atoms with Gasteiger partial charge in [-0.2, -0.15) is 5.26 Å². The van der Waals surface area contributed by atoms with Crippen LogP contribution < -0.4 is 0 Å². The number of pyridine rings is 1. The van der Waals surface area contributed by atoms with Crippen LogP contribution >= 0.6 is 0 Å². The molecule has 1 atom stereocenters. The molecule has 0 amide bonds. The summed E-state index contributed by atoms with van der Waals surface area (Å²) in [5, 5.41) is 9.26. The summed E-state index contributed by atoms with van der Waals surface area (Å²) in [7, 11) is 0. The average molecular weight is 250 g/mol. The Labute approximate surface area is 112 Å². The van der Waals surface area contributed by atoms with Gasteiger partial charge >= 0.3 is 0 Å². The van der Waals surface area contributed by atoms with Gasteiger partial charge in [0.1, 0.15) is 0 Å². The number of carbonyl (C=O) groups is 1. The first-order chi connectivity index (χ1) is 9.27. The zero-order valence-electron chi connectivity index (χ0n) is 10.7. The van der Waals surface area contributed by atoms with Crippen molar-refractivity contribution in [2.24, 2.45) is 0 Å². The van der Waals surface area contributed by atoms with E-state index >= 15 is 0 Å². The highest BCUT2D eigenvalue weighted by molar-refractivity contribution is 6.03. The van der Waals surface area contributed by atoms with Crippen molar-refractivity contribution in [3.63, 3.8) is 0 Å². The van der Waals surface area contributed by atoms with Crippen molar-refractivity contribution in [2.75, 3.05) is 0 Å². The van der Waals surface area contributed by atoms with E-state index in [4.69, 9.17) is 0 Å². The van der Waals surface area contributed by atoms with E-state index in [1.807, 2.05) is 25.1 Å². The van der Waals surface area contributed by atoms with Crippen LogP contribution in [-0.4, -0.2) is 10.8 Å². The molecule has 0 bridgehead atoms. The Morgan fingerprint density at radius 3 is 2.63 bits per heavy atom. The van der Waals surface area contributed by atoms with E-state index in [0.29, 0.717) is 11.3 Å². The Morgan fingerprint density at radius 1 is 1.26 bits per heavy atom. The lowest BCUT2D eigenvalue weighted by atomic mass is 9.91. The number of benzene rings is 1. The van der Waals surface area contributed by atoms with Gasteiger partial charge in [0.2, 0.25) is 0 Å². The second-order valence-corrected chi connectivity index (χ2v) is 4.19. The highest BCUT2D eigenvalue weighted by atomic mass is 16.1. The molecule has 2 aromatic rings. The van der Waals surface area contributed by atoms with Crippen LogP contribution in [0.15, 0.2) is 48.7 Å². The van der Waals surface area contributed by atoms with E-state index in [1.54, 1.807) is 30.5 Å². The molecule has 0 fully saturated rings. The zero-order valence-corrected chi connectivity index (χ0v) is 10.7. The minimum Gasteiger partial charge on any atom is -0.292 e. The number of nitriles is 1. The third-order valence-electron chi connectivity index (χ3n) is 3.04. The number of ketones is 1. The first-order valence-corrected chi connectivity index (χ1v) is 6.20. The lowest BCUT2D eigenvalue weighted by molar-refractivity contribution is 0.0976. The standard InChI is InChI=1S/C16H14N2O/c1-2-12-7-3-4-8-13(12)16(19)14(11-17)15-9-5-6-10-18-15/h3-10,14H,2H2,1H3. The first-order valence-electron chi connectivity index (χ1n) is 6.20. The number of carbonyl (C=O) groups excluding carboxylic acids is 1. The van der Waals surface area contributed by atoms with Crippen LogP contribution in [0.25, 0.3) is 0 Å². The molecule has 0 spiro atoms. The maximum Gasteiger partial charge on any atom is 0.186 e. The largest absolute Gasteiger partial charge is 0.292 e. The predicted octanol–water partition coefficient (Wildman–Crippen LogP) is 3.13. The monoisotopic (exact) mass is 250 g/mol. The molecule has 2 rings (SSSR count). The molecule has 0 N–H and O–H groups in total. The van der Waals surface area contributed by atoms with Crippen LogP contribution in [0.2, 0.25) is 0 Å². The Bertz CT molecular complexity index is 614. The Kier molecular flexibility index (Phi) is 4.04. The van der Waals surface area contributed by atoms with Crippen molar-refractivity contribution < 1.29 is 4.79 Å². The smallest absolute Gasteiger partial charge is 0.186 e. The molecular weight excluding hydrogens is 236 g/mol. The summed E-state index contributed by atoms with van der Waals surface area (Å²) >= 11 is 0. The summed E-state index contributed by atoms with van der Waals surface area (Å²) in [5.41, 5.74) is 2.08. The summed E-state index contributed by atoms with van der Waals surface area (Å²) < 4.78 is 0. The van der Waals surface area contributed by atoms with Gasteiger partial charge in [0, 0.05) is 11.8 Å². The van der Waals surface area contributed by atoms with Crippen LogP contribution in [0, 0.1) is 11.3 Å². The van der Waals surface area contributed by atoms with Gasteiger partial charge in [-0.15, -0.1) is 0 Å². The van der Waals surface area contributed by atoms with E-state index in [2.05, 4.69) is 11.1 Å². The molecule has 0 aliphatic rings. The quantitative estimate of drug-likeness (QED) is 0.783. The van der Waals surface area contributed by atoms with Gasteiger partial charge in [0.05, 0.1) is 11.8 Å². The van der Waals surface area contributed by atoms with Crippen LogP contribution in [-0.2, 0) is 6.42 Å². The molecule has 94 valence electrons. The maximum atomic E-state index is 12.5. The summed E-state index contributed by atoms with van der Waals surface area (Å²) in [4.78, 5) is 16.6. The fourth-order valence-corrected chi connectivity index (χ4v) is 2.03. The number of aryl methyl sites for hydroxylation is 1. The molecule has 3 heteroatoms. The highest BCUT2D eigenvalue weighted by Crippen LogP contribution is 2.21. The summed E-state index contributed by atoms with van der Waals surface area (Å²) in [6.07, 6.45) is 2.36. The Balaban J connectivity index is 2.40. The van der Waals surface area contributed by atoms with Crippen LogP contribution in [0.3, 0.4) is 0 Å². The lowest BCUT2D eigenvalue weighted by Gasteiger charge is -2.10. The maximum absolute atomic E-state index is 12.5. The SMILES string of the molecule is CCc1ccccc1C(=O)C(C#N)c1ccccn1. The Morgan fingerprint density at radius 2 is 2.00 bits per heavy atom.